The highest BCUT2D eigenvalue weighted by Crippen LogP contribution is 2.28. The van der Waals surface area contributed by atoms with E-state index in [1.807, 2.05) is 18.2 Å². The van der Waals surface area contributed by atoms with Crippen LogP contribution in [0.2, 0.25) is 0 Å². The van der Waals surface area contributed by atoms with E-state index >= 15 is 0 Å². The quantitative estimate of drug-likeness (QED) is 0.495. The van der Waals surface area contributed by atoms with Gasteiger partial charge in [-0.25, -0.2) is 0 Å². The largest absolute Gasteiger partial charge is 0.375 e. The molecule has 1 aliphatic heterocycles. The number of carbonyl (C=O) groups is 1. The first kappa shape index (κ1) is 17.1. The third-order valence-corrected chi connectivity index (χ3v) is 4.48. The molecule has 1 aliphatic rings. The summed E-state index contributed by atoms with van der Waals surface area (Å²) in [4.78, 5) is 24.7. The predicted octanol–water partition coefficient (Wildman–Crippen LogP) is 3.48. The Morgan fingerprint density at radius 2 is 2.04 bits per heavy atom. The lowest BCUT2D eigenvalue weighted by molar-refractivity contribution is -0.384. The summed E-state index contributed by atoms with van der Waals surface area (Å²) in [5, 5.41) is 14.6. The van der Waals surface area contributed by atoms with E-state index in [2.05, 4.69) is 22.3 Å². The van der Waals surface area contributed by atoms with Gasteiger partial charge in [-0.2, -0.15) is 0 Å². The molecule has 0 radical (unpaired) electrons. The fourth-order valence-corrected chi connectivity index (χ4v) is 3.18. The van der Waals surface area contributed by atoms with Crippen LogP contribution in [0.3, 0.4) is 0 Å². The summed E-state index contributed by atoms with van der Waals surface area (Å²) in [6, 6.07) is 15.0. The summed E-state index contributed by atoms with van der Waals surface area (Å²) >= 11 is 0. The molecule has 1 unspecified atom stereocenters. The Morgan fingerprint density at radius 3 is 2.72 bits per heavy atom. The van der Waals surface area contributed by atoms with Crippen molar-refractivity contribution in [2.45, 2.75) is 25.9 Å². The first-order valence-electron chi connectivity index (χ1n) is 8.35. The number of hydrogen-bond donors (Lipinski definition) is 1. The Hall–Kier alpha value is -2.73. The van der Waals surface area contributed by atoms with Crippen molar-refractivity contribution in [3.8, 4) is 0 Å². The second-order valence-corrected chi connectivity index (χ2v) is 6.40. The van der Waals surface area contributed by atoms with Crippen LogP contribution in [0.4, 0.5) is 11.4 Å². The molecule has 6 heteroatoms. The summed E-state index contributed by atoms with van der Waals surface area (Å²) in [5.74, 6) is -0.176. The van der Waals surface area contributed by atoms with Crippen LogP contribution < -0.4 is 5.32 Å². The molecule has 1 N–H and O–H groups in total. The van der Waals surface area contributed by atoms with Crippen molar-refractivity contribution < 1.29 is 9.72 Å². The second-order valence-electron chi connectivity index (χ2n) is 6.40. The fourth-order valence-electron chi connectivity index (χ4n) is 3.18. The summed E-state index contributed by atoms with van der Waals surface area (Å²) in [5.41, 5.74) is 2.05. The normalized spacial score (nSPS) is 17.4. The van der Waals surface area contributed by atoms with Gasteiger partial charge in [0.1, 0.15) is 5.69 Å². The topological polar surface area (TPSA) is 75.5 Å². The van der Waals surface area contributed by atoms with Crippen molar-refractivity contribution in [2.75, 3.05) is 18.4 Å². The van der Waals surface area contributed by atoms with Crippen LogP contribution in [0, 0.1) is 10.1 Å². The van der Waals surface area contributed by atoms with Crippen molar-refractivity contribution in [3.63, 3.8) is 0 Å². The van der Waals surface area contributed by atoms with E-state index in [0.29, 0.717) is 11.3 Å². The highest BCUT2D eigenvalue weighted by atomic mass is 16.6. The zero-order valence-electron chi connectivity index (χ0n) is 14.1. The monoisotopic (exact) mass is 339 g/mol. The predicted molar refractivity (Wildman–Crippen MR) is 96.8 cm³/mol. The van der Waals surface area contributed by atoms with Gasteiger partial charge >= 0.3 is 0 Å². The maximum atomic E-state index is 11.4. The van der Waals surface area contributed by atoms with Crippen LogP contribution in [-0.4, -0.2) is 34.7 Å². The smallest absolute Gasteiger partial charge is 0.293 e. The van der Waals surface area contributed by atoms with Crippen LogP contribution in [-0.2, 0) is 6.54 Å². The van der Waals surface area contributed by atoms with Gasteiger partial charge in [0.15, 0.2) is 5.78 Å². The van der Waals surface area contributed by atoms with E-state index in [1.54, 1.807) is 12.1 Å². The van der Waals surface area contributed by atoms with E-state index in [0.717, 1.165) is 26.1 Å². The number of nitro groups is 1. The average Bonchev–Trinajstić information content (AvgIpc) is 3.02. The van der Waals surface area contributed by atoms with Gasteiger partial charge in [-0.15, -0.1) is 0 Å². The molecule has 6 nitrogen and oxygen atoms in total. The van der Waals surface area contributed by atoms with Crippen LogP contribution in [0.5, 0.6) is 0 Å². The van der Waals surface area contributed by atoms with Crippen LogP contribution >= 0.6 is 0 Å². The number of hydrogen-bond acceptors (Lipinski definition) is 5. The number of nitrogens with one attached hydrogen (secondary N) is 1. The lowest BCUT2D eigenvalue weighted by Crippen LogP contribution is -2.26. The average molecular weight is 339 g/mol. The number of nitrogens with zero attached hydrogens (tertiary/aromatic N) is 2. The van der Waals surface area contributed by atoms with E-state index in [4.69, 9.17) is 0 Å². The number of Topliss-reactive ketones (excluding diaryl/α,β-unsaturated/α-hetero) is 1. The molecule has 0 bridgehead atoms. The van der Waals surface area contributed by atoms with Crippen molar-refractivity contribution >= 4 is 17.2 Å². The molecular weight excluding hydrogens is 318 g/mol. The second kappa shape index (κ2) is 7.44. The molecule has 0 amide bonds. The van der Waals surface area contributed by atoms with Gasteiger partial charge < -0.3 is 5.32 Å². The molecule has 1 saturated heterocycles. The zero-order chi connectivity index (χ0) is 17.8. The molecule has 1 atom stereocenters. The lowest BCUT2D eigenvalue weighted by atomic mass is 10.1. The molecule has 0 spiro atoms. The summed E-state index contributed by atoms with van der Waals surface area (Å²) in [6.45, 7) is 4.07. The van der Waals surface area contributed by atoms with Crippen molar-refractivity contribution in [1.82, 2.24) is 4.90 Å². The maximum absolute atomic E-state index is 11.4. The highest BCUT2D eigenvalue weighted by Gasteiger charge is 2.25. The van der Waals surface area contributed by atoms with Gasteiger partial charge in [0.05, 0.1) is 4.92 Å². The maximum Gasteiger partial charge on any atom is 0.293 e. The molecule has 1 fully saturated rings. The number of nitro benzene ring substituents is 1. The molecule has 2 aromatic rings. The number of rotatable bonds is 6. The van der Waals surface area contributed by atoms with Gasteiger partial charge in [0.25, 0.3) is 5.69 Å². The zero-order valence-corrected chi connectivity index (χ0v) is 14.1. The Labute approximate surface area is 146 Å². The molecule has 2 aromatic carbocycles. The van der Waals surface area contributed by atoms with E-state index in [9.17, 15) is 14.9 Å². The van der Waals surface area contributed by atoms with Gasteiger partial charge in [0, 0.05) is 37.3 Å². The van der Waals surface area contributed by atoms with E-state index < -0.39 is 4.92 Å². The molecular formula is C19H21N3O3. The minimum Gasteiger partial charge on any atom is -0.375 e. The first-order valence-corrected chi connectivity index (χ1v) is 8.35. The van der Waals surface area contributed by atoms with Crippen molar-refractivity contribution in [2.24, 2.45) is 0 Å². The van der Waals surface area contributed by atoms with Crippen molar-refractivity contribution in [3.05, 3.63) is 69.8 Å². The summed E-state index contributed by atoms with van der Waals surface area (Å²) < 4.78 is 0. The van der Waals surface area contributed by atoms with E-state index in [-0.39, 0.29) is 17.5 Å². The molecule has 1 heterocycles. The number of likely N-dealkylation sites (tertiary alicyclic amines) is 1. The van der Waals surface area contributed by atoms with Gasteiger partial charge in [-0.3, -0.25) is 19.8 Å². The third-order valence-electron chi connectivity index (χ3n) is 4.48. The Kier molecular flexibility index (Phi) is 5.09. The Morgan fingerprint density at radius 1 is 1.28 bits per heavy atom. The summed E-state index contributed by atoms with van der Waals surface area (Å²) in [7, 11) is 0. The Bertz CT molecular complexity index is 777. The lowest BCUT2D eigenvalue weighted by Gasteiger charge is -2.17. The molecule has 130 valence electrons. The fraction of sp³-hybridized carbons (Fsp3) is 0.316. The highest BCUT2D eigenvalue weighted by molar-refractivity contribution is 5.95. The molecule has 0 saturated carbocycles. The first-order chi connectivity index (χ1) is 12.0. The van der Waals surface area contributed by atoms with Gasteiger partial charge in [-0.05, 0) is 31.0 Å². The van der Waals surface area contributed by atoms with Crippen LogP contribution in [0.15, 0.2) is 48.5 Å². The molecule has 25 heavy (non-hydrogen) atoms. The minimum absolute atomic E-state index is 0.0470. The van der Waals surface area contributed by atoms with Crippen molar-refractivity contribution in [1.29, 1.82) is 0 Å². The molecule has 0 aromatic heterocycles. The van der Waals surface area contributed by atoms with E-state index in [1.165, 1.54) is 18.6 Å². The molecule has 3 rings (SSSR count). The van der Waals surface area contributed by atoms with Gasteiger partial charge in [-0.1, -0.05) is 30.3 Å². The van der Waals surface area contributed by atoms with Crippen LogP contribution in [0.1, 0.15) is 29.3 Å². The number of anilines is 1. The summed E-state index contributed by atoms with van der Waals surface area (Å²) in [6.07, 6.45) is 0.929. The number of ketones is 1. The standard InChI is InChI=1S/C19H21N3O3/c1-14(23)16-7-8-18(19(11-16)22(24)25)20-17-9-10-21(13-17)12-15-5-3-2-4-6-15/h2-8,11,17,20H,9-10,12-13H2,1H3. The minimum atomic E-state index is -0.439. The Balaban J connectivity index is 1.67. The number of benzene rings is 2. The van der Waals surface area contributed by atoms with Crippen LogP contribution in [0.25, 0.3) is 0 Å². The van der Waals surface area contributed by atoms with Gasteiger partial charge in [0.2, 0.25) is 0 Å². The SMILES string of the molecule is CC(=O)c1ccc(NC2CCN(Cc3ccccc3)C2)c([N+](=O)[O-])c1. The third kappa shape index (κ3) is 4.22. The number of carbonyl (C=O) groups excluding carboxylic acids is 1. The molecule has 0 aliphatic carbocycles.